The largest absolute Gasteiger partial charge is 0.346 e. The number of hydrogen-bond acceptors (Lipinski definition) is 5. The Morgan fingerprint density at radius 2 is 1.40 bits per heavy atom. The zero-order valence-corrected chi connectivity index (χ0v) is 23.9. The molecule has 3 aromatic rings. The molecule has 0 bridgehead atoms. The van der Waals surface area contributed by atoms with Crippen molar-refractivity contribution in [2.75, 3.05) is 0 Å². The molecule has 4 rings (SSSR count). The number of carbonyl (C=O) groups excluding carboxylic acids is 5. The zero-order chi connectivity index (χ0) is 30.2. The Labute approximate surface area is 245 Å². The van der Waals surface area contributed by atoms with Crippen LogP contribution in [0.2, 0.25) is 0 Å². The van der Waals surface area contributed by atoms with Crippen LogP contribution in [-0.2, 0) is 24.0 Å². The second kappa shape index (κ2) is 13.7. The summed E-state index contributed by atoms with van der Waals surface area (Å²) in [5.74, 6) is -4.77. The SMILES string of the molecule is CC(C)[C@H](NC(=O)C[C@H](NC(=O)C=Cc1ccc(-c2ccccc2)cc1)c1ccccc1)C(=O)[C@@H]1C(=O)NC(=O)[C@H]1C. The lowest BCUT2D eigenvalue weighted by atomic mass is 9.85. The minimum atomic E-state index is -1.15. The van der Waals surface area contributed by atoms with E-state index in [4.69, 9.17) is 0 Å². The highest BCUT2D eigenvalue weighted by Gasteiger charge is 2.46. The first kappa shape index (κ1) is 30.1. The molecule has 0 aromatic heterocycles. The molecule has 0 radical (unpaired) electrons. The smallest absolute Gasteiger partial charge is 0.244 e. The molecule has 42 heavy (non-hydrogen) atoms. The van der Waals surface area contributed by atoms with Gasteiger partial charge < -0.3 is 10.6 Å². The molecule has 0 spiro atoms. The molecule has 3 aromatic carbocycles. The van der Waals surface area contributed by atoms with E-state index in [1.807, 2.05) is 84.9 Å². The Morgan fingerprint density at radius 1 is 0.810 bits per heavy atom. The molecule has 3 N–H and O–H groups in total. The minimum Gasteiger partial charge on any atom is -0.346 e. The van der Waals surface area contributed by atoms with Crippen LogP contribution in [0, 0.1) is 17.8 Å². The van der Waals surface area contributed by atoms with Crippen molar-refractivity contribution in [1.82, 2.24) is 16.0 Å². The highest BCUT2D eigenvalue weighted by atomic mass is 16.2. The van der Waals surface area contributed by atoms with Crippen molar-refractivity contribution >= 4 is 35.5 Å². The van der Waals surface area contributed by atoms with Gasteiger partial charge >= 0.3 is 0 Å². The molecule has 0 aliphatic carbocycles. The van der Waals surface area contributed by atoms with Crippen LogP contribution < -0.4 is 16.0 Å². The van der Waals surface area contributed by atoms with Gasteiger partial charge in [-0.15, -0.1) is 0 Å². The van der Waals surface area contributed by atoms with Crippen LogP contribution in [0.4, 0.5) is 0 Å². The predicted molar refractivity (Wildman–Crippen MR) is 160 cm³/mol. The van der Waals surface area contributed by atoms with Gasteiger partial charge in [-0.2, -0.15) is 0 Å². The molecule has 1 saturated heterocycles. The van der Waals surface area contributed by atoms with E-state index in [1.54, 1.807) is 19.9 Å². The van der Waals surface area contributed by atoms with Gasteiger partial charge in [0.1, 0.15) is 5.92 Å². The Hall–Kier alpha value is -4.85. The molecule has 216 valence electrons. The van der Waals surface area contributed by atoms with E-state index in [2.05, 4.69) is 16.0 Å². The van der Waals surface area contributed by atoms with Crippen molar-refractivity contribution in [3.05, 3.63) is 102 Å². The van der Waals surface area contributed by atoms with Crippen LogP contribution in [0.3, 0.4) is 0 Å². The predicted octanol–water partition coefficient (Wildman–Crippen LogP) is 4.23. The quantitative estimate of drug-likeness (QED) is 0.183. The number of amides is 4. The Bertz CT molecular complexity index is 1470. The summed E-state index contributed by atoms with van der Waals surface area (Å²) in [7, 11) is 0. The zero-order valence-electron chi connectivity index (χ0n) is 23.9. The number of rotatable bonds is 11. The first-order valence-corrected chi connectivity index (χ1v) is 14.0. The van der Waals surface area contributed by atoms with Crippen LogP contribution in [-0.4, -0.2) is 35.5 Å². The van der Waals surface area contributed by atoms with Crippen LogP contribution in [0.5, 0.6) is 0 Å². The molecule has 4 atom stereocenters. The maximum absolute atomic E-state index is 13.2. The summed E-state index contributed by atoms with van der Waals surface area (Å²) >= 11 is 0. The van der Waals surface area contributed by atoms with Crippen LogP contribution in [0.25, 0.3) is 17.2 Å². The van der Waals surface area contributed by atoms with Gasteiger partial charge in [-0.25, -0.2) is 0 Å². The molecule has 1 fully saturated rings. The third-order valence-corrected chi connectivity index (χ3v) is 7.39. The van der Waals surface area contributed by atoms with Crippen molar-refractivity contribution in [2.45, 2.75) is 39.3 Å². The summed E-state index contributed by atoms with van der Waals surface area (Å²) in [6.07, 6.45) is 2.99. The maximum Gasteiger partial charge on any atom is 0.244 e. The number of Topliss-reactive ketones (excluding diaryl/α,β-unsaturated/α-hetero) is 1. The van der Waals surface area contributed by atoms with Crippen LogP contribution in [0.15, 0.2) is 91.0 Å². The van der Waals surface area contributed by atoms with E-state index in [9.17, 15) is 24.0 Å². The molecule has 1 aliphatic heterocycles. The van der Waals surface area contributed by atoms with Crippen molar-refractivity contribution in [1.29, 1.82) is 0 Å². The third-order valence-electron chi connectivity index (χ3n) is 7.39. The first-order valence-electron chi connectivity index (χ1n) is 14.0. The lowest BCUT2D eigenvalue weighted by Gasteiger charge is -2.25. The number of hydrogen-bond donors (Lipinski definition) is 3. The lowest BCUT2D eigenvalue weighted by molar-refractivity contribution is -0.137. The van der Waals surface area contributed by atoms with E-state index in [0.29, 0.717) is 0 Å². The van der Waals surface area contributed by atoms with Gasteiger partial charge in [0.15, 0.2) is 5.78 Å². The van der Waals surface area contributed by atoms with E-state index in [-0.39, 0.29) is 18.2 Å². The summed E-state index contributed by atoms with van der Waals surface area (Å²) in [6.45, 7) is 5.04. The summed E-state index contributed by atoms with van der Waals surface area (Å²) in [5, 5.41) is 7.84. The fraction of sp³-hybridized carbons (Fsp3) is 0.265. The summed E-state index contributed by atoms with van der Waals surface area (Å²) in [5.41, 5.74) is 3.75. The van der Waals surface area contributed by atoms with Gasteiger partial charge in [0, 0.05) is 6.08 Å². The molecule has 0 unspecified atom stereocenters. The van der Waals surface area contributed by atoms with Gasteiger partial charge in [0.2, 0.25) is 23.6 Å². The Kier molecular flexibility index (Phi) is 9.81. The second-order valence-electron chi connectivity index (χ2n) is 10.8. The average molecular weight is 566 g/mol. The summed E-state index contributed by atoms with van der Waals surface area (Å²) in [4.78, 5) is 63.5. The summed E-state index contributed by atoms with van der Waals surface area (Å²) in [6, 6.07) is 25.3. The highest BCUT2D eigenvalue weighted by Crippen LogP contribution is 2.24. The number of nitrogens with one attached hydrogen (secondary N) is 3. The van der Waals surface area contributed by atoms with Gasteiger partial charge in [-0.05, 0) is 34.2 Å². The minimum absolute atomic E-state index is 0.128. The third kappa shape index (κ3) is 7.46. The normalized spacial score (nSPS) is 18.0. The van der Waals surface area contributed by atoms with Crippen molar-refractivity contribution in [3.63, 3.8) is 0 Å². The van der Waals surface area contributed by atoms with Crippen molar-refractivity contribution in [2.24, 2.45) is 17.8 Å². The van der Waals surface area contributed by atoms with E-state index in [0.717, 1.165) is 22.3 Å². The molecule has 0 saturated carbocycles. The van der Waals surface area contributed by atoms with E-state index >= 15 is 0 Å². The standard InChI is InChI=1S/C34H35N3O5/c1-21(2)31(32(40)30-22(3)33(41)37-34(30)42)36-29(39)20-27(26-12-8-5-9-13-26)35-28(38)19-16-23-14-17-25(18-15-23)24-10-6-4-7-11-24/h4-19,21-22,27,30-31H,20H2,1-3H3,(H,35,38)(H,36,39)(H,37,41,42)/t22-,27-,30+,31-/m0/s1. The lowest BCUT2D eigenvalue weighted by Crippen LogP contribution is -2.49. The second-order valence-corrected chi connectivity index (χ2v) is 10.8. The van der Waals surface area contributed by atoms with E-state index in [1.165, 1.54) is 13.0 Å². The van der Waals surface area contributed by atoms with E-state index < -0.39 is 47.4 Å². The number of benzene rings is 3. The molecule has 4 amide bonds. The average Bonchev–Trinajstić information content (AvgIpc) is 3.25. The number of imide groups is 1. The number of ketones is 1. The number of carbonyl (C=O) groups is 5. The summed E-state index contributed by atoms with van der Waals surface area (Å²) < 4.78 is 0. The van der Waals surface area contributed by atoms with Gasteiger partial charge in [-0.3, -0.25) is 29.3 Å². The fourth-order valence-electron chi connectivity index (χ4n) is 4.99. The molecule has 1 heterocycles. The topological polar surface area (TPSA) is 121 Å². The molecular formula is C34H35N3O5. The Balaban J connectivity index is 1.43. The highest BCUT2D eigenvalue weighted by molar-refractivity contribution is 6.16. The molecule has 8 nitrogen and oxygen atoms in total. The van der Waals surface area contributed by atoms with Gasteiger partial charge in [-0.1, -0.05) is 106 Å². The van der Waals surface area contributed by atoms with Gasteiger partial charge in [0.25, 0.3) is 0 Å². The molecule has 8 heteroatoms. The monoisotopic (exact) mass is 565 g/mol. The Morgan fingerprint density at radius 3 is 1.98 bits per heavy atom. The van der Waals surface area contributed by atoms with Crippen LogP contribution >= 0.6 is 0 Å². The van der Waals surface area contributed by atoms with Gasteiger partial charge in [0.05, 0.1) is 24.4 Å². The first-order chi connectivity index (χ1) is 20.1. The van der Waals surface area contributed by atoms with Crippen molar-refractivity contribution in [3.8, 4) is 11.1 Å². The molecular weight excluding hydrogens is 530 g/mol. The van der Waals surface area contributed by atoms with Crippen molar-refractivity contribution < 1.29 is 24.0 Å². The fourth-order valence-corrected chi connectivity index (χ4v) is 4.99. The maximum atomic E-state index is 13.2. The van der Waals surface area contributed by atoms with Crippen LogP contribution in [0.1, 0.15) is 44.4 Å². The molecule has 1 aliphatic rings.